The van der Waals surface area contributed by atoms with Crippen LogP contribution in [0.1, 0.15) is 18.1 Å². The summed E-state index contributed by atoms with van der Waals surface area (Å²) in [5.41, 5.74) is 3.00. The van der Waals surface area contributed by atoms with Crippen molar-refractivity contribution >= 4 is 23.4 Å². The van der Waals surface area contributed by atoms with Gasteiger partial charge in [-0.1, -0.05) is 18.2 Å². The predicted octanol–water partition coefficient (Wildman–Crippen LogP) is 4.05. The summed E-state index contributed by atoms with van der Waals surface area (Å²) < 4.78 is 18.6. The quantitative estimate of drug-likeness (QED) is 0.819. The Hall–Kier alpha value is -2.01. The molecule has 126 valence electrons. The lowest BCUT2D eigenvalue weighted by Crippen LogP contribution is -2.37. The molecule has 1 aliphatic rings. The molecule has 0 unspecified atom stereocenters. The van der Waals surface area contributed by atoms with E-state index in [0.29, 0.717) is 17.3 Å². The monoisotopic (exact) mass is 345 g/mol. The molecule has 2 aromatic rings. The molecule has 0 spiro atoms. The molecule has 0 N–H and O–H groups in total. The number of carbonyl (C=O) groups excluding carboxylic acids is 1. The third kappa shape index (κ3) is 3.41. The summed E-state index contributed by atoms with van der Waals surface area (Å²) in [4.78, 5) is 14.5. The molecule has 2 aromatic carbocycles. The van der Waals surface area contributed by atoms with Crippen LogP contribution in [0.3, 0.4) is 0 Å². The second-order valence-corrected chi connectivity index (χ2v) is 6.88. The third-order valence-corrected chi connectivity index (χ3v) is 5.17. The molecule has 0 saturated heterocycles. The Morgan fingerprint density at radius 1 is 1.33 bits per heavy atom. The topological polar surface area (TPSA) is 29.5 Å². The molecule has 3 nitrogen and oxygen atoms in total. The number of halogens is 1. The summed E-state index contributed by atoms with van der Waals surface area (Å²) in [6, 6.07) is 12.7. The van der Waals surface area contributed by atoms with E-state index < -0.39 is 0 Å². The highest BCUT2D eigenvalue weighted by molar-refractivity contribution is 7.99. The number of ether oxygens (including phenoxy) is 1. The fourth-order valence-electron chi connectivity index (χ4n) is 3.12. The van der Waals surface area contributed by atoms with Gasteiger partial charge in [0.2, 0.25) is 5.91 Å². The zero-order chi connectivity index (χ0) is 17.1. The van der Waals surface area contributed by atoms with Crippen molar-refractivity contribution in [3.63, 3.8) is 0 Å². The summed E-state index contributed by atoms with van der Waals surface area (Å²) in [5.74, 6) is 1.35. The first-order chi connectivity index (χ1) is 11.6. The number of para-hydroxylation sites is 1. The maximum Gasteiger partial charge on any atom is 0.237 e. The van der Waals surface area contributed by atoms with Crippen molar-refractivity contribution in [3.05, 3.63) is 59.4 Å². The minimum Gasteiger partial charge on any atom is -0.496 e. The summed E-state index contributed by atoms with van der Waals surface area (Å²) >= 11 is 1.48. The van der Waals surface area contributed by atoms with Gasteiger partial charge in [0.25, 0.3) is 0 Å². The van der Waals surface area contributed by atoms with Crippen molar-refractivity contribution in [1.82, 2.24) is 0 Å². The van der Waals surface area contributed by atoms with Gasteiger partial charge in [0.05, 0.1) is 12.9 Å². The Kier molecular flexibility index (Phi) is 5.09. The van der Waals surface area contributed by atoms with E-state index in [-0.39, 0.29) is 17.8 Å². The first kappa shape index (κ1) is 16.8. The van der Waals surface area contributed by atoms with Crippen LogP contribution in [0.2, 0.25) is 0 Å². The standard InChI is InChI=1S/C19H20FNO2S/c1-13-9-14-5-3-4-6-17(14)21(13)19(22)12-24-11-15-10-16(20)7-8-18(15)23-2/h3-8,10,13H,9,11-12H2,1-2H3/t13-/m1/s1. The second-order valence-electron chi connectivity index (χ2n) is 5.89. The number of thioether (sulfide) groups is 1. The number of anilines is 1. The molecule has 0 aromatic heterocycles. The number of rotatable bonds is 5. The number of carbonyl (C=O) groups is 1. The van der Waals surface area contributed by atoms with Crippen LogP contribution in [0.15, 0.2) is 42.5 Å². The zero-order valence-electron chi connectivity index (χ0n) is 13.8. The van der Waals surface area contributed by atoms with Crippen molar-refractivity contribution in [2.75, 3.05) is 17.8 Å². The smallest absolute Gasteiger partial charge is 0.237 e. The predicted molar refractivity (Wildman–Crippen MR) is 96.2 cm³/mol. The maximum absolute atomic E-state index is 13.4. The van der Waals surface area contributed by atoms with Crippen LogP contribution in [0.4, 0.5) is 10.1 Å². The number of hydrogen-bond donors (Lipinski definition) is 0. The van der Waals surface area contributed by atoms with E-state index in [1.165, 1.54) is 29.5 Å². The molecule has 0 radical (unpaired) electrons. The van der Waals surface area contributed by atoms with Crippen LogP contribution in [0, 0.1) is 5.82 Å². The summed E-state index contributed by atoms with van der Waals surface area (Å²) in [5, 5.41) is 0. The van der Waals surface area contributed by atoms with Crippen LogP contribution in [-0.4, -0.2) is 24.8 Å². The number of fused-ring (bicyclic) bond motifs is 1. The SMILES string of the molecule is COc1ccc(F)cc1CSCC(=O)N1c2ccccc2C[C@H]1C. The molecule has 1 aliphatic heterocycles. The van der Waals surface area contributed by atoms with Crippen molar-refractivity contribution in [1.29, 1.82) is 0 Å². The normalized spacial score (nSPS) is 16.1. The molecular formula is C19H20FNO2S. The second kappa shape index (κ2) is 7.26. The Morgan fingerprint density at radius 2 is 2.12 bits per heavy atom. The van der Waals surface area contributed by atoms with E-state index in [4.69, 9.17) is 4.74 Å². The van der Waals surface area contributed by atoms with Crippen LogP contribution < -0.4 is 9.64 Å². The summed E-state index contributed by atoms with van der Waals surface area (Å²) in [6.07, 6.45) is 0.893. The van der Waals surface area contributed by atoms with Gasteiger partial charge in [-0.05, 0) is 43.2 Å². The Labute approximate surface area is 145 Å². The molecule has 0 aliphatic carbocycles. The number of hydrogen-bond acceptors (Lipinski definition) is 3. The van der Waals surface area contributed by atoms with Gasteiger partial charge < -0.3 is 9.64 Å². The largest absolute Gasteiger partial charge is 0.496 e. The Morgan fingerprint density at radius 3 is 2.92 bits per heavy atom. The fourth-order valence-corrected chi connectivity index (χ4v) is 3.98. The highest BCUT2D eigenvalue weighted by atomic mass is 32.2. The van der Waals surface area contributed by atoms with Crippen LogP contribution >= 0.6 is 11.8 Å². The van der Waals surface area contributed by atoms with E-state index in [2.05, 4.69) is 13.0 Å². The molecule has 3 rings (SSSR count). The van der Waals surface area contributed by atoms with Crippen molar-refractivity contribution in [3.8, 4) is 5.75 Å². The van der Waals surface area contributed by atoms with Crippen molar-refractivity contribution in [2.45, 2.75) is 25.1 Å². The molecule has 1 amide bonds. The highest BCUT2D eigenvalue weighted by Gasteiger charge is 2.30. The first-order valence-electron chi connectivity index (χ1n) is 7.90. The lowest BCUT2D eigenvalue weighted by molar-refractivity contribution is -0.116. The fraction of sp³-hybridized carbons (Fsp3) is 0.316. The van der Waals surface area contributed by atoms with Crippen LogP contribution in [-0.2, 0) is 17.0 Å². The number of benzene rings is 2. The number of methoxy groups -OCH3 is 1. The van der Waals surface area contributed by atoms with Gasteiger partial charge >= 0.3 is 0 Å². The molecule has 0 bridgehead atoms. The van der Waals surface area contributed by atoms with Gasteiger partial charge in [0, 0.05) is 23.0 Å². The Bertz CT molecular complexity index is 750. The summed E-state index contributed by atoms with van der Waals surface area (Å²) in [7, 11) is 1.56. The van der Waals surface area contributed by atoms with Gasteiger partial charge in [-0.15, -0.1) is 11.8 Å². The van der Waals surface area contributed by atoms with E-state index in [0.717, 1.165) is 17.7 Å². The van der Waals surface area contributed by atoms with E-state index >= 15 is 0 Å². The highest BCUT2D eigenvalue weighted by Crippen LogP contribution is 2.32. The Balaban J connectivity index is 1.64. The first-order valence-corrected chi connectivity index (χ1v) is 9.05. The van der Waals surface area contributed by atoms with E-state index in [1.54, 1.807) is 13.2 Å². The number of nitrogens with zero attached hydrogens (tertiary/aromatic N) is 1. The molecule has 0 saturated carbocycles. The molecular weight excluding hydrogens is 325 g/mol. The van der Waals surface area contributed by atoms with Gasteiger partial charge in [-0.25, -0.2) is 4.39 Å². The molecule has 0 fully saturated rings. The molecule has 5 heteroatoms. The van der Waals surface area contributed by atoms with Crippen molar-refractivity contribution in [2.24, 2.45) is 0 Å². The van der Waals surface area contributed by atoms with E-state index in [9.17, 15) is 9.18 Å². The van der Waals surface area contributed by atoms with Gasteiger partial charge in [-0.3, -0.25) is 4.79 Å². The minimum atomic E-state index is -0.292. The van der Waals surface area contributed by atoms with Gasteiger partial charge in [0.1, 0.15) is 11.6 Å². The maximum atomic E-state index is 13.4. The third-order valence-electron chi connectivity index (χ3n) is 4.20. The minimum absolute atomic E-state index is 0.0906. The van der Waals surface area contributed by atoms with Crippen molar-refractivity contribution < 1.29 is 13.9 Å². The van der Waals surface area contributed by atoms with Crippen LogP contribution in [0.25, 0.3) is 0 Å². The summed E-state index contributed by atoms with van der Waals surface area (Å²) in [6.45, 7) is 2.07. The lowest BCUT2D eigenvalue weighted by Gasteiger charge is -2.22. The molecule has 1 atom stereocenters. The average Bonchev–Trinajstić information content (AvgIpc) is 2.90. The zero-order valence-corrected chi connectivity index (χ0v) is 14.6. The van der Waals surface area contributed by atoms with Gasteiger partial charge in [-0.2, -0.15) is 0 Å². The van der Waals surface area contributed by atoms with Crippen LogP contribution in [0.5, 0.6) is 5.75 Å². The number of amides is 1. The molecule has 24 heavy (non-hydrogen) atoms. The van der Waals surface area contributed by atoms with E-state index in [1.807, 2.05) is 23.1 Å². The molecule has 1 heterocycles. The lowest BCUT2D eigenvalue weighted by atomic mass is 10.1. The average molecular weight is 345 g/mol. The van der Waals surface area contributed by atoms with Gasteiger partial charge in [0.15, 0.2) is 0 Å².